The highest BCUT2D eigenvalue weighted by atomic mass is 35.5. The lowest BCUT2D eigenvalue weighted by molar-refractivity contribution is 0.110. The summed E-state index contributed by atoms with van der Waals surface area (Å²) in [4.78, 5) is 2.17. The summed E-state index contributed by atoms with van der Waals surface area (Å²) in [7, 11) is 1.66. The Morgan fingerprint density at radius 1 is 1.23 bits per heavy atom. The van der Waals surface area contributed by atoms with E-state index in [1.54, 1.807) is 11.8 Å². The molecule has 3 aromatic rings. The maximum absolute atomic E-state index is 6.05. The van der Waals surface area contributed by atoms with Crippen LogP contribution in [-0.4, -0.2) is 35.3 Å². The minimum Gasteiger partial charge on any atom is -0.497 e. The van der Waals surface area contributed by atoms with Gasteiger partial charge in [0.2, 0.25) is 0 Å². The summed E-state index contributed by atoms with van der Waals surface area (Å²) >= 11 is 6.05. The second kappa shape index (κ2) is 7.35. The molecule has 7 heteroatoms. The zero-order valence-corrected chi connectivity index (χ0v) is 15.1. The summed E-state index contributed by atoms with van der Waals surface area (Å²) in [5, 5.41) is 9.27. The highest BCUT2D eigenvalue weighted by Gasteiger charge is 2.29. The third-order valence-corrected chi connectivity index (χ3v) is 4.57. The van der Waals surface area contributed by atoms with E-state index in [0.717, 1.165) is 29.2 Å². The van der Waals surface area contributed by atoms with Crippen molar-refractivity contribution in [3.8, 4) is 5.75 Å². The van der Waals surface area contributed by atoms with Gasteiger partial charge < -0.3 is 14.4 Å². The van der Waals surface area contributed by atoms with Gasteiger partial charge in [0, 0.05) is 17.3 Å². The first-order valence-electron chi connectivity index (χ1n) is 8.40. The van der Waals surface area contributed by atoms with Crippen LogP contribution in [0.15, 0.2) is 54.7 Å². The van der Waals surface area contributed by atoms with Gasteiger partial charge in [-0.2, -0.15) is 0 Å². The van der Waals surface area contributed by atoms with E-state index in [2.05, 4.69) is 15.2 Å². The van der Waals surface area contributed by atoms with E-state index < -0.39 is 0 Å². The zero-order valence-electron chi connectivity index (χ0n) is 14.4. The molecule has 4 rings (SSSR count). The Morgan fingerprint density at radius 2 is 2.08 bits per heavy atom. The number of halogens is 1. The summed E-state index contributed by atoms with van der Waals surface area (Å²) in [6, 6.07) is 15.7. The smallest absolute Gasteiger partial charge is 0.177 e. The van der Waals surface area contributed by atoms with Crippen LogP contribution in [0, 0.1) is 0 Å². The molecule has 2 heterocycles. The van der Waals surface area contributed by atoms with Crippen LogP contribution in [0.25, 0.3) is 0 Å². The molecule has 0 radical (unpaired) electrons. The molecule has 0 amide bonds. The maximum atomic E-state index is 6.05. The Hall–Kier alpha value is -2.57. The van der Waals surface area contributed by atoms with Crippen molar-refractivity contribution < 1.29 is 9.47 Å². The van der Waals surface area contributed by atoms with Crippen molar-refractivity contribution in [2.24, 2.45) is 0 Å². The van der Waals surface area contributed by atoms with Gasteiger partial charge >= 0.3 is 0 Å². The van der Waals surface area contributed by atoms with Crippen LogP contribution in [0.3, 0.4) is 0 Å². The summed E-state index contributed by atoms with van der Waals surface area (Å²) in [5.41, 5.74) is 2.94. The van der Waals surface area contributed by atoms with Crippen LogP contribution >= 0.6 is 11.6 Å². The maximum Gasteiger partial charge on any atom is 0.177 e. The molecule has 1 aliphatic rings. The molecule has 0 saturated carbocycles. The summed E-state index contributed by atoms with van der Waals surface area (Å²) < 4.78 is 12.9. The highest BCUT2D eigenvalue weighted by molar-refractivity contribution is 6.30. The van der Waals surface area contributed by atoms with Gasteiger partial charge in [0.1, 0.15) is 11.4 Å². The lowest BCUT2D eigenvalue weighted by atomic mass is 10.2. The predicted octanol–water partition coefficient (Wildman–Crippen LogP) is 3.52. The number of benzene rings is 2. The Balaban J connectivity index is 1.52. The van der Waals surface area contributed by atoms with E-state index in [1.807, 2.05) is 54.7 Å². The SMILES string of the molecule is COc1ccc(N2CCO[C@@H]2c2cn(Cc3cccc(Cl)c3)nn2)cc1. The fraction of sp³-hybridized carbons (Fsp3) is 0.263. The number of hydrogen-bond acceptors (Lipinski definition) is 5. The quantitative estimate of drug-likeness (QED) is 0.687. The molecule has 134 valence electrons. The Labute approximate surface area is 156 Å². The third kappa shape index (κ3) is 3.52. The lowest BCUT2D eigenvalue weighted by Gasteiger charge is -2.23. The molecule has 0 unspecified atom stereocenters. The van der Waals surface area contributed by atoms with Crippen LogP contribution in [0.5, 0.6) is 5.75 Å². The molecule has 1 atom stereocenters. The Morgan fingerprint density at radius 3 is 2.85 bits per heavy atom. The van der Waals surface area contributed by atoms with Crippen molar-refractivity contribution in [1.82, 2.24) is 15.0 Å². The second-order valence-electron chi connectivity index (χ2n) is 6.09. The van der Waals surface area contributed by atoms with E-state index >= 15 is 0 Å². The van der Waals surface area contributed by atoms with Gasteiger partial charge in [-0.1, -0.05) is 28.9 Å². The van der Waals surface area contributed by atoms with Crippen molar-refractivity contribution in [2.45, 2.75) is 12.8 Å². The molecule has 0 N–H and O–H groups in total. The lowest BCUT2D eigenvalue weighted by Crippen LogP contribution is -2.23. The molecule has 2 aromatic carbocycles. The van der Waals surface area contributed by atoms with Gasteiger partial charge in [-0.25, -0.2) is 4.68 Å². The molecule has 1 aliphatic heterocycles. The second-order valence-corrected chi connectivity index (χ2v) is 6.52. The fourth-order valence-electron chi connectivity index (χ4n) is 3.08. The number of nitrogens with zero attached hydrogens (tertiary/aromatic N) is 4. The number of rotatable bonds is 5. The Kier molecular flexibility index (Phi) is 4.77. The molecule has 1 saturated heterocycles. The van der Waals surface area contributed by atoms with Crippen molar-refractivity contribution in [3.05, 3.63) is 71.0 Å². The van der Waals surface area contributed by atoms with Crippen molar-refractivity contribution in [1.29, 1.82) is 0 Å². The van der Waals surface area contributed by atoms with E-state index in [1.165, 1.54) is 0 Å². The summed E-state index contributed by atoms with van der Waals surface area (Å²) in [6.07, 6.45) is 1.68. The van der Waals surface area contributed by atoms with Crippen LogP contribution in [-0.2, 0) is 11.3 Å². The minimum atomic E-state index is -0.239. The predicted molar refractivity (Wildman–Crippen MR) is 99.6 cm³/mol. The van der Waals surface area contributed by atoms with Crippen molar-refractivity contribution >= 4 is 17.3 Å². The molecule has 6 nitrogen and oxygen atoms in total. The molecule has 1 aromatic heterocycles. The monoisotopic (exact) mass is 370 g/mol. The van der Waals surface area contributed by atoms with Crippen molar-refractivity contribution in [3.63, 3.8) is 0 Å². The summed E-state index contributed by atoms with van der Waals surface area (Å²) in [5.74, 6) is 0.831. The first-order chi connectivity index (χ1) is 12.7. The van der Waals surface area contributed by atoms with Gasteiger partial charge in [-0.05, 0) is 42.0 Å². The van der Waals surface area contributed by atoms with Gasteiger partial charge in [0.25, 0.3) is 0 Å². The number of methoxy groups -OCH3 is 1. The standard InChI is InChI=1S/C19H19ClN4O2/c1-25-17-7-5-16(6-8-17)24-9-10-26-19(24)18-13-23(22-21-18)12-14-3-2-4-15(20)11-14/h2-8,11,13,19H,9-10,12H2,1H3/t19-/m1/s1. The number of hydrogen-bond donors (Lipinski definition) is 0. The first-order valence-corrected chi connectivity index (χ1v) is 8.77. The van der Waals surface area contributed by atoms with Crippen LogP contribution in [0.4, 0.5) is 5.69 Å². The number of ether oxygens (including phenoxy) is 2. The highest BCUT2D eigenvalue weighted by Crippen LogP contribution is 2.32. The van der Waals surface area contributed by atoms with Gasteiger partial charge in [-0.3, -0.25) is 0 Å². The average molecular weight is 371 g/mol. The molecule has 26 heavy (non-hydrogen) atoms. The average Bonchev–Trinajstić information content (AvgIpc) is 3.31. The van der Waals surface area contributed by atoms with Crippen LogP contribution in [0.2, 0.25) is 5.02 Å². The summed E-state index contributed by atoms with van der Waals surface area (Å²) in [6.45, 7) is 2.07. The van der Waals surface area contributed by atoms with E-state index in [4.69, 9.17) is 21.1 Å². The van der Waals surface area contributed by atoms with E-state index in [0.29, 0.717) is 18.2 Å². The van der Waals surface area contributed by atoms with E-state index in [9.17, 15) is 0 Å². The first kappa shape index (κ1) is 16.9. The Bertz CT molecular complexity index is 881. The fourth-order valence-corrected chi connectivity index (χ4v) is 3.29. The van der Waals surface area contributed by atoms with E-state index in [-0.39, 0.29) is 6.23 Å². The number of aromatic nitrogens is 3. The van der Waals surface area contributed by atoms with Gasteiger partial charge in [-0.15, -0.1) is 5.10 Å². The van der Waals surface area contributed by atoms with Gasteiger partial charge in [0.15, 0.2) is 6.23 Å². The van der Waals surface area contributed by atoms with Gasteiger partial charge in [0.05, 0.1) is 26.5 Å². The molecule has 0 aliphatic carbocycles. The minimum absolute atomic E-state index is 0.239. The van der Waals surface area contributed by atoms with Crippen molar-refractivity contribution in [2.75, 3.05) is 25.2 Å². The van der Waals surface area contributed by atoms with Crippen LogP contribution < -0.4 is 9.64 Å². The topological polar surface area (TPSA) is 52.4 Å². The third-order valence-electron chi connectivity index (χ3n) is 4.34. The molecule has 0 spiro atoms. The van der Waals surface area contributed by atoms with Crippen LogP contribution in [0.1, 0.15) is 17.5 Å². The normalized spacial score (nSPS) is 16.8. The molecule has 1 fully saturated rings. The largest absolute Gasteiger partial charge is 0.497 e. The number of anilines is 1. The molecular weight excluding hydrogens is 352 g/mol. The zero-order chi connectivity index (χ0) is 17.9. The molecule has 0 bridgehead atoms. The molecular formula is C19H19ClN4O2.